The van der Waals surface area contributed by atoms with Gasteiger partial charge >= 0.3 is 0 Å². The van der Waals surface area contributed by atoms with Gasteiger partial charge in [0.2, 0.25) is 0 Å². The minimum absolute atomic E-state index is 1.15. The van der Waals surface area contributed by atoms with Crippen LogP contribution in [-0.4, -0.2) is 0 Å². The zero-order chi connectivity index (χ0) is 29.1. The summed E-state index contributed by atoms with van der Waals surface area (Å²) >= 11 is 0. The second-order valence-corrected chi connectivity index (χ2v) is 10.8. The smallest absolute Gasteiger partial charge is 0.0493 e. The van der Waals surface area contributed by atoms with Crippen LogP contribution in [0.25, 0.3) is 11.1 Å². The van der Waals surface area contributed by atoms with Gasteiger partial charge in [-0.1, -0.05) is 84.9 Å². The van der Waals surface area contributed by atoms with Gasteiger partial charge in [-0.2, -0.15) is 0 Å². The molecular weight excluding hydrogens is 508 g/mol. The minimum Gasteiger partial charge on any atom is -0.310 e. The minimum atomic E-state index is 1.15. The first-order chi connectivity index (χ1) is 20.5. The first-order valence-corrected chi connectivity index (χ1v) is 14.6. The molecule has 6 aromatic carbocycles. The molecule has 206 valence electrons. The second kappa shape index (κ2) is 11.8. The number of hydrogen-bond donors (Lipinski definition) is 0. The molecule has 0 fully saturated rings. The van der Waals surface area contributed by atoms with Crippen molar-refractivity contribution in [1.82, 2.24) is 0 Å². The molecule has 0 aliphatic heterocycles. The molecule has 0 heterocycles. The van der Waals surface area contributed by atoms with E-state index in [1.54, 1.807) is 0 Å². The average Bonchev–Trinajstić information content (AvgIpc) is 3.04. The maximum absolute atomic E-state index is 2.35. The lowest BCUT2D eigenvalue weighted by atomic mass is 9.90. The highest BCUT2D eigenvalue weighted by molar-refractivity contribution is 5.86. The van der Waals surface area contributed by atoms with E-state index in [0.29, 0.717) is 0 Å². The monoisotopic (exact) mass is 544 g/mol. The number of benzene rings is 6. The van der Waals surface area contributed by atoms with Gasteiger partial charge in [0.25, 0.3) is 0 Å². The van der Waals surface area contributed by atoms with Crippen molar-refractivity contribution < 1.29 is 0 Å². The molecule has 0 unspecified atom stereocenters. The molecule has 0 aliphatic rings. The molecule has 2 heteroatoms. The highest BCUT2D eigenvalue weighted by Crippen LogP contribution is 2.43. The summed E-state index contributed by atoms with van der Waals surface area (Å²) in [7, 11) is 0. The van der Waals surface area contributed by atoms with Crippen LogP contribution in [0.15, 0.2) is 146 Å². The Morgan fingerprint density at radius 1 is 0.286 bits per heavy atom. The number of nitrogens with zero attached hydrogens (tertiary/aromatic N) is 2. The van der Waals surface area contributed by atoms with E-state index in [1.165, 1.54) is 44.8 Å². The van der Waals surface area contributed by atoms with Crippen LogP contribution in [0.5, 0.6) is 0 Å². The largest absolute Gasteiger partial charge is 0.310 e. The summed E-state index contributed by atoms with van der Waals surface area (Å²) in [6, 6.07) is 51.6. The SMILES string of the molecule is Cc1c(-c2ccc(N(c3ccccc3)c3ccccc3)c(C)c2C)ccc(N(c2ccccc2)c2ccccc2)c1C. The normalized spacial score (nSPS) is 10.9. The standard InChI is InChI=1S/C40H36N2/c1-29-31(3)39(41(33-17-9-5-10-18-33)34-19-11-6-12-20-34)27-25-37(29)38-26-28-40(32(4)30(38)2)42(35-21-13-7-14-22-35)36-23-15-8-16-24-36/h5-28H,1-4H3. The van der Waals surface area contributed by atoms with Crippen molar-refractivity contribution in [2.45, 2.75) is 27.7 Å². The maximum atomic E-state index is 2.35. The molecule has 0 N–H and O–H groups in total. The van der Waals surface area contributed by atoms with Crippen LogP contribution in [0, 0.1) is 27.7 Å². The zero-order valence-corrected chi connectivity index (χ0v) is 24.8. The molecule has 0 saturated carbocycles. The van der Waals surface area contributed by atoms with E-state index < -0.39 is 0 Å². The van der Waals surface area contributed by atoms with E-state index in [2.05, 4.69) is 183 Å². The Kier molecular flexibility index (Phi) is 7.62. The fourth-order valence-electron chi connectivity index (χ4n) is 5.84. The third-order valence-electron chi connectivity index (χ3n) is 8.35. The quantitative estimate of drug-likeness (QED) is 0.197. The molecule has 6 aromatic rings. The van der Waals surface area contributed by atoms with E-state index in [9.17, 15) is 0 Å². The Balaban J connectivity index is 1.45. The molecule has 42 heavy (non-hydrogen) atoms. The van der Waals surface area contributed by atoms with Crippen LogP contribution >= 0.6 is 0 Å². The summed E-state index contributed by atoms with van der Waals surface area (Å²) < 4.78 is 0. The van der Waals surface area contributed by atoms with E-state index in [1.807, 2.05) is 0 Å². The molecule has 0 radical (unpaired) electrons. The van der Waals surface area contributed by atoms with E-state index in [0.717, 1.165) is 22.7 Å². The van der Waals surface area contributed by atoms with Crippen molar-refractivity contribution in [3.63, 3.8) is 0 Å². The van der Waals surface area contributed by atoms with Crippen molar-refractivity contribution in [3.05, 3.63) is 168 Å². The Hall–Kier alpha value is -5.08. The first kappa shape index (κ1) is 27.1. The first-order valence-electron chi connectivity index (χ1n) is 14.6. The van der Waals surface area contributed by atoms with Gasteiger partial charge in [0.05, 0.1) is 0 Å². The molecule has 0 spiro atoms. The lowest BCUT2D eigenvalue weighted by Crippen LogP contribution is -2.13. The zero-order valence-electron chi connectivity index (χ0n) is 24.8. The maximum Gasteiger partial charge on any atom is 0.0493 e. The highest BCUT2D eigenvalue weighted by atomic mass is 15.1. The van der Waals surface area contributed by atoms with Gasteiger partial charge in [0, 0.05) is 34.1 Å². The Labute approximate surface area is 250 Å². The Morgan fingerprint density at radius 3 is 0.810 bits per heavy atom. The van der Waals surface area contributed by atoms with Gasteiger partial charge < -0.3 is 9.80 Å². The highest BCUT2D eigenvalue weighted by Gasteiger charge is 2.20. The van der Waals surface area contributed by atoms with Crippen molar-refractivity contribution >= 4 is 34.1 Å². The number of anilines is 6. The fraction of sp³-hybridized carbons (Fsp3) is 0.100. The summed E-state index contributed by atoms with van der Waals surface area (Å²) in [5.74, 6) is 0. The van der Waals surface area contributed by atoms with Crippen LogP contribution in [0.1, 0.15) is 22.3 Å². The summed E-state index contributed by atoms with van der Waals surface area (Å²) in [6.45, 7) is 9.00. The summed E-state index contributed by atoms with van der Waals surface area (Å²) in [5, 5.41) is 0. The lowest BCUT2D eigenvalue weighted by molar-refractivity contribution is 1.21. The molecule has 0 aliphatic carbocycles. The Bertz CT molecular complexity index is 1580. The molecule has 6 rings (SSSR count). The van der Waals surface area contributed by atoms with Gasteiger partial charge in [0.15, 0.2) is 0 Å². The predicted octanol–water partition coefficient (Wildman–Crippen LogP) is 11.5. The van der Waals surface area contributed by atoms with Crippen LogP contribution in [0.3, 0.4) is 0 Å². The van der Waals surface area contributed by atoms with Crippen LogP contribution in [-0.2, 0) is 0 Å². The fourth-order valence-corrected chi connectivity index (χ4v) is 5.84. The summed E-state index contributed by atoms with van der Waals surface area (Å²) in [6.07, 6.45) is 0. The predicted molar refractivity (Wildman–Crippen MR) is 180 cm³/mol. The number of para-hydroxylation sites is 4. The molecule has 0 saturated heterocycles. The van der Waals surface area contributed by atoms with Crippen molar-refractivity contribution in [1.29, 1.82) is 0 Å². The number of hydrogen-bond acceptors (Lipinski definition) is 2. The van der Waals surface area contributed by atoms with Crippen molar-refractivity contribution in [2.24, 2.45) is 0 Å². The summed E-state index contributed by atoms with van der Waals surface area (Å²) in [4.78, 5) is 4.70. The average molecular weight is 545 g/mol. The summed E-state index contributed by atoms with van der Waals surface area (Å²) in [5.41, 5.74) is 14.7. The number of rotatable bonds is 7. The molecule has 0 bridgehead atoms. The lowest BCUT2D eigenvalue weighted by Gasteiger charge is -2.30. The second-order valence-electron chi connectivity index (χ2n) is 10.8. The Morgan fingerprint density at radius 2 is 0.548 bits per heavy atom. The van der Waals surface area contributed by atoms with E-state index >= 15 is 0 Å². The van der Waals surface area contributed by atoms with Gasteiger partial charge in [0.1, 0.15) is 0 Å². The van der Waals surface area contributed by atoms with Crippen LogP contribution < -0.4 is 9.80 Å². The van der Waals surface area contributed by atoms with Crippen molar-refractivity contribution in [2.75, 3.05) is 9.80 Å². The van der Waals surface area contributed by atoms with Gasteiger partial charge in [-0.25, -0.2) is 0 Å². The van der Waals surface area contributed by atoms with Gasteiger partial charge in [-0.3, -0.25) is 0 Å². The third kappa shape index (κ3) is 5.08. The topological polar surface area (TPSA) is 6.48 Å². The van der Waals surface area contributed by atoms with E-state index in [-0.39, 0.29) is 0 Å². The van der Waals surface area contributed by atoms with E-state index in [4.69, 9.17) is 0 Å². The van der Waals surface area contributed by atoms with Gasteiger partial charge in [-0.15, -0.1) is 0 Å². The van der Waals surface area contributed by atoms with Crippen LogP contribution in [0.4, 0.5) is 34.1 Å². The van der Waals surface area contributed by atoms with Crippen molar-refractivity contribution in [3.8, 4) is 11.1 Å². The molecule has 2 nitrogen and oxygen atoms in total. The van der Waals surface area contributed by atoms with Crippen LogP contribution in [0.2, 0.25) is 0 Å². The molecular formula is C40H36N2. The molecule has 0 aromatic heterocycles. The van der Waals surface area contributed by atoms with Gasteiger partial charge in [-0.05, 0) is 122 Å². The third-order valence-corrected chi connectivity index (χ3v) is 8.35. The molecule has 0 atom stereocenters. The molecule has 0 amide bonds.